The van der Waals surface area contributed by atoms with E-state index in [9.17, 15) is 15.3 Å². The van der Waals surface area contributed by atoms with Crippen molar-refractivity contribution in [3.8, 4) is 0 Å². The predicted octanol–water partition coefficient (Wildman–Crippen LogP) is 2.95. The van der Waals surface area contributed by atoms with Crippen LogP contribution in [-0.2, 0) is 0 Å². The van der Waals surface area contributed by atoms with Gasteiger partial charge in [-0.1, -0.05) is 24.3 Å². The maximum absolute atomic E-state index is 10.2. The minimum Gasteiger partial charge on any atom is -0.396 e. The van der Waals surface area contributed by atoms with Crippen molar-refractivity contribution in [2.45, 2.75) is 83.0 Å². The second kappa shape index (κ2) is 12.6. The first-order valence-electron chi connectivity index (χ1n) is 9.51. The largest absolute Gasteiger partial charge is 0.396 e. The van der Waals surface area contributed by atoms with Crippen molar-refractivity contribution in [1.82, 2.24) is 0 Å². The molecule has 0 aromatic carbocycles. The van der Waals surface area contributed by atoms with E-state index in [1.165, 1.54) is 0 Å². The molecular weight excluding hydrogens is 304 g/mol. The molecule has 1 rings (SSSR count). The summed E-state index contributed by atoms with van der Waals surface area (Å²) in [5.74, 6) is 0.148. The first-order chi connectivity index (χ1) is 11.6. The number of aliphatic hydroxyl groups is 4. The van der Waals surface area contributed by atoms with Crippen LogP contribution in [0.15, 0.2) is 24.3 Å². The first-order valence-corrected chi connectivity index (χ1v) is 9.51. The average Bonchev–Trinajstić information content (AvgIpc) is 2.82. The highest BCUT2D eigenvalue weighted by Gasteiger charge is 2.40. The fourth-order valence-electron chi connectivity index (χ4n) is 3.64. The SMILES string of the molecule is C/C=C/CCC(O)CCC1C(O)CC(O)C1C/C=C/CCCCO. The first kappa shape index (κ1) is 21.4. The number of allylic oxidation sites excluding steroid dienone is 4. The molecule has 0 aromatic rings. The Morgan fingerprint density at radius 2 is 1.71 bits per heavy atom. The summed E-state index contributed by atoms with van der Waals surface area (Å²) < 4.78 is 0. The fourth-order valence-corrected chi connectivity index (χ4v) is 3.64. The monoisotopic (exact) mass is 340 g/mol. The minimum absolute atomic E-state index is 0.0680. The number of hydrogen-bond acceptors (Lipinski definition) is 4. The number of aliphatic hydroxyl groups excluding tert-OH is 4. The van der Waals surface area contributed by atoms with Crippen LogP contribution < -0.4 is 0 Å². The summed E-state index contributed by atoms with van der Waals surface area (Å²) in [5, 5.41) is 39.3. The van der Waals surface area contributed by atoms with Crippen LogP contribution in [0.4, 0.5) is 0 Å². The van der Waals surface area contributed by atoms with Gasteiger partial charge in [0, 0.05) is 6.61 Å². The molecule has 140 valence electrons. The molecule has 5 unspecified atom stereocenters. The highest BCUT2D eigenvalue weighted by Crippen LogP contribution is 2.38. The molecule has 0 radical (unpaired) electrons. The van der Waals surface area contributed by atoms with Crippen LogP contribution in [0.1, 0.15) is 64.7 Å². The van der Waals surface area contributed by atoms with Crippen molar-refractivity contribution in [1.29, 1.82) is 0 Å². The molecule has 1 aliphatic carbocycles. The Bertz CT molecular complexity index is 367. The van der Waals surface area contributed by atoms with Gasteiger partial charge in [0.2, 0.25) is 0 Å². The third-order valence-corrected chi connectivity index (χ3v) is 5.11. The van der Waals surface area contributed by atoms with Crippen LogP contribution in [-0.4, -0.2) is 45.3 Å². The molecule has 1 fully saturated rings. The summed E-state index contributed by atoms with van der Waals surface area (Å²) >= 11 is 0. The summed E-state index contributed by atoms with van der Waals surface area (Å²) in [4.78, 5) is 0. The molecule has 24 heavy (non-hydrogen) atoms. The Morgan fingerprint density at radius 3 is 2.42 bits per heavy atom. The lowest BCUT2D eigenvalue weighted by Crippen LogP contribution is -2.23. The van der Waals surface area contributed by atoms with Crippen LogP contribution in [0.25, 0.3) is 0 Å². The molecule has 0 heterocycles. The summed E-state index contributed by atoms with van der Waals surface area (Å²) in [7, 11) is 0. The van der Waals surface area contributed by atoms with Crippen molar-refractivity contribution < 1.29 is 20.4 Å². The Kier molecular flexibility index (Phi) is 11.3. The van der Waals surface area contributed by atoms with E-state index in [1.54, 1.807) is 0 Å². The van der Waals surface area contributed by atoms with Gasteiger partial charge in [-0.25, -0.2) is 0 Å². The molecule has 0 aromatic heterocycles. The zero-order chi connectivity index (χ0) is 17.8. The van der Waals surface area contributed by atoms with E-state index < -0.39 is 12.2 Å². The smallest absolute Gasteiger partial charge is 0.0599 e. The minimum atomic E-state index is -0.462. The van der Waals surface area contributed by atoms with E-state index in [2.05, 4.69) is 18.2 Å². The van der Waals surface area contributed by atoms with Gasteiger partial charge >= 0.3 is 0 Å². The van der Waals surface area contributed by atoms with Gasteiger partial charge in [0.05, 0.1) is 18.3 Å². The van der Waals surface area contributed by atoms with E-state index in [4.69, 9.17) is 5.11 Å². The van der Waals surface area contributed by atoms with Crippen molar-refractivity contribution in [2.75, 3.05) is 6.61 Å². The summed E-state index contributed by atoms with van der Waals surface area (Å²) in [5.41, 5.74) is 0. The Hall–Kier alpha value is -0.680. The van der Waals surface area contributed by atoms with Crippen molar-refractivity contribution in [3.05, 3.63) is 24.3 Å². The third kappa shape index (κ3) is 7.93. The molecule has 0 aliphatic heterocycles. The molecule has 0 amide bonds. The van der Waals surface area contributed by atoms with Gasteiger partial charge in [-0.05, 0) is 76.5 Å². The van der Waals surface area contributed by atoms with Crippen LogP contribution >= 0.6 is 0 Å². The quantitative estimate of drug-likeness (QED) is 0.325. The highest BCUT2D eigenvalue weighted by molar-refractivity contribution is 4.96. The van der Waals surface area contributed by atoms with E-state index in [1.807, 2.05) is 13.0 Å². The standard InChI is InChI=1S/C20H36O4/c1-2-3-7-10-16(22)12-13-18-17(19(23)15-20(18)24)11-8-5-4-6-9-14-21/h2-3,5,8,16-24H,4,6-7,9-15H2,1H3/b3-2+,8-5+. The lowest BCUT2D eigenvalue weighted by molar-refractivity contribution is 0.0859. The van der Waals surface area contributed by atoms with Crippen LogP contribution in [0.2, 0.25) is 0 Å². The predicted molar refractivity (Wildman–Crippen MR) is 97.6 cm³/mol. The molecule has 0 spiro atoms. The second-order valence-corrected chi connectivity index (χ2v) is 7.00. The van der Waals surface area contributed by atoms with E-state index >= 15 is 0 Å². The lowest BCUT2D eigenvalue weighted by Gasteiger charge is -2.23. The molecule has 4 heteroatoms. The summed E-state index contributed by atoms with van der Waals surface area (Å²) in [6.07, 6.45) is 14.1. The van der Waals surface area contributed by atoms with Crippen molar-refractivity contribution in [2.24, 2.45) is 11.8 Å². The van der Waals surface area contributed by atoms with Crippen molar-refractivity contribution >= 4 is 0 Å². The van der Waals surface area contributed by atoms with Crippen LogP contribution in [0.3, 0.4) is 0 Å². The second-order valence-electron chi connectivity index (χ2n) is 7.00. The van der Waals surface area contributed by atoms with Gasteiger partial charge in [0.25, 0.3) is 0 Å². The number of hydrogen-bond donors (Lipinski definition) is 4. The maximum atomic E-state index is 10.2. The molecule has 4 nitrogen and oxygen atoms in total. The Labute approximate surface area is 146 Å². The van der Waals surface area contributed by atoms with Crippen LogP contribution in [0.5, 0.6) is 0 Å². The van der Waals surface area contributed by atoms with Gasteiger partial charge < -0.3 is 20.4 Å². The number of unbranched alkanes of at least 4 members (excludes halogenated alkanes) is 2. The Morgan fingerprint density at radius 1 is 0.958 bits per heavy atom. The molecule has 0 bridgehead atoms. The van der Waals surface area contributed by atoms with Crippen molar-refractivity contribution in [3.63, 3.8) is 0 Å². The lowest BCUT2D eigenvalue weighted by atomic mass is 9.85. The summed E-state index contributed by atoms with van der Waals surface area (Å²) in [6.45, 7) is 2.21. The topological polar surface area (TPSA) is 80.9 Å². The Balaban J connectivity index is 2.38. The van der Waals surface area contributed by atoms with E-state index in [0.29, 0.717) is 12.8 Å². The number of rotatable bonds is 12. The highest BCUT2D eigenvalue weighted by atomic mass is 16.3. The average molecular weight is 341 g/mol. The molecule has 5 atom stereocenters. The summed E-state index contributed by atoms with van der Waals surface area (Å²) in [6, 6.07) is 0. The molecular formula is C20H36O4. The van der Waals surface area contributed by atoms with E-state index in [-0.39, 0.29) is 24.5 Å². The molecule has 1 aliphatic rings. The molecule has 0 saturated heterocycles. The normalized spacial score (nSPS) is 29.0. The molecule has 4 N–H and O–H groups in total. The third-order valence-electron chi connectivity index (χ3n) is 5.11. The fraction of sp³-hybridized carbons (Fsp3) is 0.800. The maximum Gasteiger partial charge on any atom is 0.0599 e. The van der Waals surface area contributed by atoms with Gasteiger partial charge in [-0.3, -0.25) is 0 Å². The van der Waals surface area contributed by atoms with Gasteiger partial charge in [-0.15, -0.1) is 0 Å². The zero-order valence-electron chi connectivity index (χ0n) is 15.1. The van der Waals surface area contributed by atoms with Gasteiger partial charge in [0.15, 0.2) is 0 Å². The van der Waals surface area contributed by atoms with E-state index in [0.717, 1.165) is 44.9 Å². The zero-order valence-corrected chi connectivity index (χ0v) is 15.1. The van der Waals surface area contributed by atoms with Crippen LogP contribution in [0, 0.1) is 11.8 Å². The van der Waals surface area contributed by atoms with Gasteiger partial charge in [-0.2, -0.15) is 0 Å². The molecule has 1 saturated carbocycles. The van der Waals surface area contributed by atoms with Gasteiger partial charge in [0.1, 0.15) is 0 Å².